The Morgan fingerprint density at radius 3 is 1.38 bits per heavy atom. The van der Waals surface area contributed by atoms with Gasteiger partial charge in [-0.05, 0) is 52.0 Å². The highest BCUT2D eigenvalue weighted by molar-refractivity contribution is 7.49. The third-order valence-electron chi connectivity index (χ3n) is 12.9. The number of phosphoric acid groups is 1. The van der Waals surface area contributed by atoms with Crippen molar-refractivity contribution in [3.63, 3.8) is 0 Å². The Morgan fingerprint density at radius 1 is 0.576 bits per heavy atom. The zero-order chi connectivity index (χ0) is 46.0. The summed E-state index contributed by atoms with van der Waals surface area (Å²) in [5, 5.41) is 17.6. The zero-order valence-electron chi connectivity index (χ0n) is 37.1. The average Bonchev–Trinajstić information content (AvgIpc) is 3.68. The van der Waals surface area contributed by atoms with Crippen LogP contribution < -0.4 is 30.6 Å². The number of carbonyl (C=O) groups is 2. The second-order valence-electron chi connectivity index (χ2n) is 17.0. The van der Waals surface area contributed by atoms with Gasteiger partial charge in [0.1, 0.15) is 34.5 Å². The van der Waals surface area contributed by atoms with Crippen LogP contribution in [0.3, 0.4) is 0 Å². The van der Waals surface area contributed by atoms with Crippen LogP contribution in [-0.2, 0) is 29.6 Å². The lowest BCUT2D eigenvalue weighted by Crippen LogP contribution is -2.56. The molecule has 0 heterocycles. The van der Waals surface area contributed by atoms with E-state index in [0.717, 1.165) is 22.3 Å². The first kappa shape index (κ1) is 46.2. The molecule has 0 unspecified atom stereocenters. The van der Waals surface area contributed by atoms with Crippen molar-refractivity contribution in [2.24, 2.45) is 0 Å². The molecule has 66 heavy (non-hydrogen) atoms. The molecule has 0 bridgehead atoms. The number of amides is 1. The second-order valence-corrected chi connectivity index (χ2v) is 27.3. The van der Waals surface area contributed by atoms with Gasteiger partial charge in [0.05, 0.1) is 13.2 Å². The van der Waals surface area contributed by atoms with Gasteiger partial charge in [0, 0.05) is 12.3 Å². The van der Waals surface area contributed by atoms with Crippen LogP contribution in [0.1, 0.15) is 22.6 Å². The van der Waals surface area contributed by atoms with Crippen LogP contribution in [0.2, 0.25) is 25.2 Å². The van der Waals surface area contributed by atoms with Crippen molar-refractivity contribution in [2.45, 2.75) is 43.6 Å². The Morgan fingerprint density at radius 2 is 0.970 bits per heavy atom. The van der Waals surface area contributed by atoms with Crippen LogP contribution in [0.15, 0.2) is 194 Å². The Balaban J connectivity index is 0.962. The normalized spacial score (nSPS) is 13.0. The van der Waals surface area contributed by atoms with Crippen LogP contribution >= 0.6 is 7.82 Å². The van der Waals surface area contributed by atoms with Gasteiger partial charge in [-0.15, -0.1) is 0 Å². The van der Waals surface area contributed by atoms with Crippen molar-refractivity contribution in [2.75, 3.05) is 19.8 Å². The van der Waals surface area contributed by atoms with Gasteiger partial charge in [0.15, 0.2) is 0 Å². The van der Waals surface area contributed by atoms with E-state index in [1.165, 1.54) is 20.7 Å². The lowest BCUT2D eigenvalue weighted by molar-refractivity contribution is -0.139. The first-order valence-electron chi connectivity index (χ1n) is 22.3. The van der Waals surface area contributed by atoms with Crippen LogP contribution in [0, 0.1) is 0 Å². The highest BCUT2D eigenvalue weighted by Gasteiger charge is 2.37. The molecule has 12 heteroatoms. The van der Waals surface area contributed by atoms with Crippen LogP contribution in [0.4, 0.5) is 4.79 Å². The molecule has 9 nitrogen and oxygen atoms in total. The summed E-state index contributed by atoms with van der Waals surface area (Å²) in [5.74, 6) is -1.14. The molecule has 1 amide bonds. The highest BCUT2D eigenvalue weighted by Crippen LogP contribution is 2.50. The van der Waals surface area contributed by atoms with E-state index in [2.05, 4.69) is 79.1 Å². The van der Waals surface area contributed by atoms with Gasteiger partial charge in [0.25, 0.3) is 0 Å². The van der Waals surface area contributed by atoms with Gasteiger partial charge in [0.2, 0.25) is 0 Å². The van der Waals surface area contributed by atoms with E-state index in [1.807, 2.05) is 109 Å². The van der Waals surface area contributed by atoms with Crippen LogP contribution in [0.25, 0.3) is 11.1 Å². The lowest BCUT2D eigenvalue weighted by Gasteiger charge is -2.30. The number of carboxylic acid groups (broad SMARTS) is 1. The minimum Gasteiger partial charge on any atom is -0.480 e. The Labute approximate surface area is 389 Å². The second kappa shape index (κ2) is 20.9. The van der Waals surface area contributed by atoms with E-state index >= 15 is 0 Å². The number of benzene rings is 7. The first-order chi connectivity index (χ1) is 32.0. The van der Waals surface area contributed by atoms with Crippen molar-refractivity contribution in [1.82, 2.24) is 5.32 Å². The minimum atomic E-state index is -4.24. The van der Waals surface area contributed by atoms with Gasteiger partial charge >= 0.3 is 19.9 Å². The SMILES string of the molecule is C[Si](CCOP(=O)(OCC[Si](C)(c1ccccc1)c1ccccc1)Oc1ccc(C[C@@H](NC(=O)OCC2c3ccccc3-c3ccccc32)C(=O)O)cc1)(c1ccccc1)c1ccccc1. The summed E-state index contributed by atoms with van der Waals surface area (Å²) in [4.78, 5) is 25.5. The van der Waals surface area contributed by atoms with Crippen molar-refractivity contribution >= 4 is 56.8 Å². The van der Waals surface area contributed by atoms with E-state index in [4.69, 9.17) is 18.3 Å². The molecule has 0 saturated carbocycles. The predicted molar refractivity (Wildman–Crippen MR) is 267 cm³/mol. The molecule has 0 spiro atoms. The van der Waals surface area contributed by atoms with Gasteiger partial charge < -0.3 is 19.7 Å². The Kier molecular flexibility index (Phi) is 14.6. The number of alkyl carbamates (subject to hydrolysis) is 1. The van der Waals surface area contributed by atoms with E-state index < -0.39 is 42.1 Å². The predicted octanol–water partition coefficient (Wildman–Crippen LogP) is 9.53. The fourth-order valence-corrected chi connectivity index (χ4v) is 17.1. The number of carboxylic acids is 1. The summed E-state index contributed by atoms with van der Waals surface area (Å²) < 4.78 is 39.3. The number of fused-ring (bicyclic) bond motifs is 3. The standard InChI is InChI=1S/C54H54NO8PSi2/c1-65(43-19-7-3-8-20-43,44-21-9-4-10-22-44)37-35-61-64(59,62-36-38-66(2,45-23-11-5-12-24-45)46-25-13-6-14-26-46)63-42-33-31-41(32-34-42)39-52(53(56)57)55-54(58)60-40-51-49-29-17-15-27-47(49)48-28-16-18-30-50(48)51/h3-34,51-52H,35-40H2,1-2H3,(H,55,58)(H,56,57)/t52-/m1/s1. The van der Waals surface area contributed by atoms with Crippen molar-refractivity contribution in [1.29, 1.82) is 0 Å². The third-order valence-corrected chi connectivity index (χ3v) is 23.1. The summed E-state index contributed by atoms with van der Waals surface area (Å²) >= 11 is 0. The van der Waals surface area contributed by atoms with Gasteiger partial charge in [-0.3, -0.25) is 9.05 Å². The number of hydrogen-bond donors (Lipinski definition) is 2. The third kappa shape index (κ3) is 10.7. The van der Waals surface area contributed by atoms with Gasteiger partial charge in [-0.1, -0.05) is 216 Å². The van der Waals surface area contributed by atoms with Crippen molar-refractivity contribution in [3.8, 4) is 16.9 Å². The van der Waals surface area contributed by atoms with Gasteiger partial charge in [-0.25, -0.2) is 14.2 Å². The maximum absolute atomic E-state index is 14.9. The number of ether oxygens (including phenoxy) is 1. The van der Waals surface area contributed by atoms with E-state index in [-0.39, 0.29) is 37.9 Å². The summed E-state index contributed by atoms with van der Waals surface area (Å²) in [6, 6.07) is 64.1. The molecular formula is C54H54NO8PSi2. The number of rotatable bonds is 20. The van der Waals surface area contributed by atoms with Crippen LogP contribution in [-0.4, -0.2) is 59.2 Å². The maximum atomic E-state index is 14.9. The Bertz CT molecular complexity index is 2540. The molecule has 336 valence electrons. The summed E-state index contributed by atoms with van der Waals surface area (Å²) in [6.07, 6.45) is -0.855. The number of aliphatic carboxylic acids is 1. The van der Waals surface area contributed by atoms with Crippen molar-refractivity contribution < 1.29 is 37.6 Å². The zero-order valence-corrected chi connectivity index (χ0v) is 40.0. The lowest BCUT2D eigenvalue weighted by atomic mass is 9.98. The molecule has 0 radical (unpaired) electrons. The Hall–Kier alpha value is -6.34. The fraction of sp³-hybridized carbons (Fsp3) is 0.185. The highest BCUT2D eigenvalue weighted by atomic mass is 31.2. The van der Waals surface area contributed by atoms with E-state index in [1.54, 1.807) is 24.3 Å². The van der Waals surface area contributed by atoms with E-state index in [9.17, 15) is 19.3 Å². The smallest absolute Gasteiger partial charge is 0.480 e. The number of carbonyl (C=O) groups excluding carboxylic acids is 1. The monoisotopic (exact) mass is 931 g/mol. The summed E-state index contributed by atoms with van der Waals surface area (Å²) in [6.45, 7) is 4.87. The molecule has 2 N–H and O–H groups in total. The summed E-state index contributed by atoms with van der Waals surface area (Å²) in [7, 11) is -8.97. The molecule has 0 saturated heterocycles. The molecule has 1 atom stereocenters. The topological polar surface area (TPSA) is 120 Å². The molecule has 1 aliphatic rings. The number of phosphoric ester groups is 1. The molecular weight excluding hydrogens is 878 g/mol. The molecule has 0 aromatic heterocycles. The number of hydrogen-bond acceptors (Lipinski definition) is 7. The molecule has 1 aliphatic carbocycles. The molecule has 7 aromatic rings. The minimum absolute atomic E-state index is 0.0329. The van der Waals surface area contributed by atoms with Crippen LogP contribution in [0.5, 0.6) is 5.75 Å². The van der Waals surface area contributed by atoms with Gasteiger partial charge in [-0.2, -0.15) is 0 Å². The first-order valence-corrected chi connectivity index (χ1v) is 29.2. The van der Waals surface area contributed by atoms with E-state index in [0.29, 0.717) is 17.7 Å². The molecule has 0 aliphatic heterocycles. The van der Waals surface area contributed by atoms with Crippen molar-refractivity contribution in [3.05, 3.63) is 211 Å². The largest absolute Gasteiger partial charge is 0.530 e. The fourth-order valence-electron chi connectivity index (χ4n) is 8.98. The average molecular weight is 932 g/mol. The quantitative estimate of drug-likeness (QED) is 0.0574. The number of nitrogens with one attached hydrogen (secondary N) is 1. The maximum Gasteiger partial charge on any atom is 0.530 e. The molecule has 7 aromatic carbocycles. The molecule has 0 fully saturated rings. The summed E-state index contributed by atoms with van der Waals surface area (Å²) in [5.41, 5.74) is 4.91. The molecule has 8 rings (SSSR count).